The summed E-state index contributed by atoms with van der Waals surface area (Å²) in [6, 6.07) is 13.0. The normalized spacial score (nSPS) is 10.3. The van der Waals surface area contributed by atoms with Gasteiger partial charge >= 0.3 is 5.97 Å². The van der Waals surface area contributed by atoms with Crippen molar-refractivity contribution >= 4 is 29.1 Å². The quantitative estimate of drug-likeness (QED) is 0.781. The molecule has 0 saturated heterocycles. The van der Waals surface area contributed by atoms with Crippen LogP contribution >= 0.6 is 11.3 Å². The summed E-state index contributed by atoms with van der Waals surface area (Å²) in [5, 5.41) is 10.8. The highest BCUT2D eigenvalue weighted by Crippen LogP contribution is 2.11. The van der Waals surface area contributed by atoms with Crippen molar-refractivity contribution in [3.63, 3.8) is 0 Å². The van der Waals surface area contributed by atoms with Gasteiger partial charge in [0.2, 0.25) is 5.91 Å². The Kier molecular flexibility index (Phi) is 6.71. The Morgan fingerprint density at radius 2 is 1.76 bits per heavy atom. The van der Waals surface area contributed by atoms with Crippen molar-refractivity contribution in [1.29, 1.82) is 0 Å². The molecule has 0 radical (unpaired) electrons. The number of carboxylic acids is 1. The molecule has 0 aliphatic carbocycles. The van der Waals surface area contributed by atoms with E-state index in [1.807, 2.05) is 30.3 Å². The summed E-state index contributed by atoms with van der Waals surface area (Å²) in [4.78, 5) is 38.9. The zero-order chi connectivity index (χ0) is 18.2. The summed E-state index contributed by atoms with van der Waals surface area (Å²) in [5.41, 5.74) is 1.02. The molecule has 2 rings (SSSR count). The van der Waals surface area contributed by atoms with E-state index in [2.05, 4.69) is 0 Å². The molecule has 1 N–H and O–H groups in total. The molecule has 0 atom stereocenters. The molecule has 132 valence electrons. The average molecular weight is 360 g/mol. The molecule has 1 aromatic heterocycles. The zero-order valence-electron chi connectivity index (χ0n) is 13.9. The second-order valence-electron chi connectivity index (χ2n) is 5.58. The predicted molar refractivity (Wildman–Crippen MR) is 95.6 cm³/mol. The van der Waals surface area contributed by atoms with Crippen molar-refractivity contribution in [2.24, 2.45) is 0 Å². The van der Waals surface area contributed by atoms with Crippen LogP contribution in [0.5, 0.6) is 0 Å². The van der Waals surface area contributed by atoms with Crippen LogP contribution in [0.15, 0.2) is 47.8 Å². The molecule has 7 heteroatoms. The number of aliphatic carboxylic acids is 1. The topological polar surface area (TPSA) is 77.9 Å². The molecular formula is C18H20N2O4S. The van der Waals surface area contributed by atoms with Crippen LogP contribution in [0.2, 0.25) is 0 Å². The van der Waals surface area contributed by atoms with E-state index < -0.39 is 5.97 Å². The van der Waals surface area contributed by atoms with Crippen LogP contribution < -0.4 is 0 Å². The van der Waals surface area contributed by atoms with E-state index in [1.165, 1.54) is 28.2 Å². The minimum absolute atomic E-state index is 0.154. The lowest BCUT2D eigenvalue weighted by Crippen LogP contribution is -2.44. The lowest BCUT2D eigenvalue weighted by molar-refractivity contribution is -0.144. The van der Waals surface area contributed by atoms with Crippen molar-refractivity contribution in [2.45, 2.75) is 6.42 Å². The molecule has 0 unspecified atom stereocenters. The fourth-order valence-electron chi connectivity index (χ4n) is 2.33. The number of thiophene rings is 1. The SMILES string of the molecule is CN(CC(=O)N(CCc1ccccc1)CC(=O)O)C(=O)c1cccs1. The summed E-state index contributed by atoms with van der Waals surface area (Å²) < 4.78 is 0. The van der Waals surface area contributed by atoms with Gasteiger partial charge in [0.25, 0.3) is 5.91 Å². The van der Waals surface area contributed by atoms with Gasteiger partial charge in [-0.2, -0.15) is 0 Å². The predicted octanol–water partition coefficient (Wildman–Crippen LogP) is 1.98. The maximum absolute atomic E-state index is 12.5. The maximum Gasteiger partial charge on any atom is 0.323 e. The minimum atomic E-state index is -1.08. The van der Waals surface area contributed by atoms with Crippen molar-refractivity contribution in [3.05, 3.63) is 58.3 Å². The Labute approximate surface area is 150 Å². The summed E-state index contributed by atoms with van der Waals surface area (Å²) in [6.07, 6.45) is 0.558. The van der Waals surface area contributed by atoms with Crippen LogP contribution in [0, 0.1) is 0 Å². The first-order chi connectivity index (χ1) is 12.0. The number of amides is 2. The van der Waals surface area contributed by atoms with Crippen LogP contribution in [0.25, 0.3) is 0 Å². The highest BCUT2D eigenvalue weighted by Gasteiger charge is 2.21. The van der Waals surface area contributed by atoms with E-state index in [-0.39, 0.29) is 31.4 Å². The number of benzene rings is 1. The third kappa shape index (κ3) is 5.72. The van der Waals surface area contributed by atoms with Gasteiger partial charge in [-0.3, -0.25) is 14.4 Å². The Morgan fingerprint density at radius 1 is 1.04 bits per heavy atom. The summed E-state index contributed by atoms with van der Waals surface area (Å²) >= 11 is 1.30. The molecule has 6 nitrogen and oxygen atoms in total. The number of rotatable bonds is 8. The van der Waals surface area contributed by atoms with Gasteiger partial charge in [0.05, 0.1) is 11.4 Å². The molecule has 0 fully saturated rings. The third-order valence-corrected chi connectivity index (χ3v) is 4.50. The largest absolute Gasteiger partial charge is 0.480 e. The zero-order valence-corrected chi connectivity index (χ0v) is 14.7. The van der Waals surface area contributed by atoms with Gasteiger partial charge in [-0.05, 0) is 23.4 Å². The van der Waals surface area contributed by atoms with Gasteiger partial charge in [-0.1, -0.05) is 36.4 Å². The van der Waals surface area contributed by atoms with E-state index in [0.29, 0.717) is 11.3 Å². The van der Waals surface area contributed by atoms with Gasteiger partial charge < -0.3 is 14.9 Å². The molecule has 2 aromatic rings. The molecule has 25 heavy (non-hydrogen) atoms. The van der Waals surface area contributed by atoms with E-state index in [9.17, 15) is 14.4 Å². The Hall–Kier alpha value is -2.67. The van der Waals surface area contributed by atoms with Gasteiger partial charge in [0.15, 0.2) is 0 Å². The van der Waals surface area contributed by atoms with Gasteiger partial charge in [0.1, 0.15) is 6.54 Å². The molecule has 1 aromatic carbocycles. The Morgan fingerprint density at radius 3 is 2.36 bits per heavy atom. The monoisotopic (exact) mass is 360 g/mol. The summed E-state index contributed by atoms with van der Waals surface area (Å²) in [7, 11) is 1.54. The molecule has 0 aliphatic heterocycles. The number of carboxylic acid groups (broad SMARTS) is 1. The number of hydrogen-bond acceptors (Lipinski definition) is 4. The number of carbonyl (C=O) groups is 3. The average Bonchev–Trinajstić information content (AvgIpc) is 3.12. The number of hydrogen-bond donors (Lipinski definition) is 1. The molecule has 0 aliphatic rings. The van der Waals surface area contributed by atoms with E-state index in [1.54, 1.807) is 17.5 Å². The Balaban J connectivity index is 1.97. The first kappa shape index (κ1) is 18.7. The molecular weight excluding hydrogens is 340 g/mol. The van der Waals surface area contributed by atoms with Crippen LogP contribution in [0.1, 0.15) is 15.2 Å². The maximum atomic E-state index is 12.5. The second kappa shape index (κ2) is 8.98. The molecule has 0 bridgehead atoms. The van der Waals surface area contributed by atoms with Gasteiger partial charge in [-0.25, -0.2) is 0 Å². The summed E-state index contributed by atoms with van der Waals surface area (Å²) in [6.45, 7) is -0.248. The first-order valence-corrected chi connectivity index (χ1v) is 8.68. The van der Waals surface area contributed by atoms with E-state index in [4.69, 9.17) is 5.11 Å². The number of nitrogens with zero attached hydrogens (tertiary/aromatic N) is 2. The summed E-state index contributed by atoms with van der Waals surface area (Å²) in [5.74, 6) is -1.71. The minimum Gasteiger partial charge on any atom is -0.480 e. The first-order valence-electron chi connectivity index (χ1n) is 7.80. The van der Waals surface area contributed by atoms with Gasteiger partial charge in [0, 0.05) is 13.6 Å². The number of likely N-dealkylation sites (N-methyl/N-ethyl adjacent to an activating group) is 1. The van der Waals surface area contributed by atoms with E-state index >= 15 is 0 Å². The Bertz CT molecular complexity index is 716. The third-order valence-electron chi connectivity index (χ3n) is 3.64. The molecule has 2 amide bonds. The highest BCUT2D eigenvalue weighted by atomic mass is 32.1. The molecule has 1 heterocycles. The van der Waals surface area contributed by atoms with Crippen LogP contribution in [0.4, 0.5) is 0 Å². The number of carbonyl (C=O) groups excluding carboxylic acids is 2. The van der Waals surface area contributed by atoms with Crippen LogP contribution in [-0.2, 0) is 16.0 Å². The molecule has 0 saturated carbocycles. The smallest absolute Gasteiger partial charge is 0.323 e. The van der Waals surface area contributed by atoms with Crippen molar-refractivity contribution in [2.75, 3.05) is 26.7 Å². The lowest BCUT2D eigenvalue weighted by Gasteiger charge is -2.24. The van der Waals surface area contributed by atoms with E-state index in [0.717, 1.165) is 5.56 Å². The van der Waals surface area contributed by atoms with Crippen molar-refractivity contribution in [3.8, 4) is 0 Å². The fraction of sp³-hybridized carbons (Fsp3) is 0.278. The van der Waals surface area contributed by atoms with Crippen molar-refractivity contribution in [1.82, 2.24) is 9.80 Å². The highest BCUT2D eigenvalue weighted by molar-refractivity contribution is 7.12. The van der Waals surface area contributed by atoms with Crippen LogP contribution in [-0.4, -0.2) is 59.4 Å². The van der Waals surface area contributed by atoms with Gasteiger partial charge in [-0.15, -0.1) is 11.3 Å². The fourth-order valence-corrected chi connectivity index (χ4v) is 3.04. The molecule has 0 spiro atoms. The lowest BCUT2D eigenvalue weighted by atomic mass is 10.1. The standard InChI is InChI=1S/C18H20N2O4S/c1-19(18(24)15-8-5-11-25-15)12-16(21)20(13-17(22)23)10-9-14-6-3-2-4-7-14/h2-8,11H,9-10,12-13H2,1H3,(H,22,23). The van der Waals surface area contributed by atoms with Crippen molar-refractivity contribution < 1.29 is 19.5 Å². The second-order valence-corrected chi connectivity index (χ2v) is 6.53. The van der Waals surface area contributed by atoms with Crippen LogP contribution in [0.3, 0.4) is 0 Å².